The predicted octanol–water partition coefficient (Wildman–Crippen LogP) is 11.8. The molecular weight excluding hydrogens is 599 g/mol. The van der Waals surface area contributed by atoms with Gasteiger partial charge in [-0.15, -0.1) is 10.2 Å². The second kappa shape index (κ2) is 12.2. The normalized spacial score (nSPS) is 11.3. The lowest BCUT2D eigenvalue weighted by Crippen LogP contribution is -2.02. The zero-order valence-electron chi connectivity index (χ0n) is 26.5. The van der Waals surface area contributed by atoms with Gasteiger partial charge in [-0.3, -0.25) is 0 Å². The van der Waals surface area contributed by atoms with Crippen LogP contribution in [0.4, 0.5) is 0 Å². The van der Waals surface area contributed by atoms with Gasteiger partial charge in [-0.05, 0) is 56.8 Å². The second-order valence-corrected chi connectivity index (χ2v) is 12.0. The van der Waals surface area contributed by atoms with E-state index in [2.05, 4.69) is 145 Å². The van der Waals surface area contributed by atoms with Gasteiger partial charge in [0.2, 0.25) is 0 Å². The molecule has 0 unspecified atom stereocenters. The van der Waals surface area contributed by atoms with E-state index in [4.69, 9.17) is 14.6 Å². The van der Waals surface area contributed by atoms with Crippen LogP contribution in [0.3, 0.4) is 0 Å². The van der Waals surface area contributed by atoms with E-state index in [0.29, 0.717) is 0 Å². The van der Waals surface area contributed by atoms with Crippen LogP contribution in [0.25, 0.3) is 89.0 Å². The molecule has 0 atom stereocenters. The topological polar surface area (TPSA) is 51.8 Å². The fourth-order valence-electron chi connectivity index (χ4n) is 7.00. The Balaban J connectivity index is 1.43. The van der Waals surface area contributed by atoms with E-state index >= 15 is 0 Å². The minimum absolute atomic E-state index is 0.752. The molecule has 0 saturated heterocycles. The number of aromatic nitrogens is 3. The van der Waals surface area contributed by atoms with Crippen LogP contribution in [0.5, 0.6) is 0 Å². The van der Waals surface area contributed by atoms with E-state index in [1.807, 2.05) is 36.4 Å². The van der Waals surface area contributed by atoms with Crippen LogP contribution < -0.4 is 0 Å². The number of fused-ring (bicyclic) bond motifs is 3. The molecule has 0 amide bonds. The minimum Gasteiger partial charge on any atom is -0.456 e. The van der Waals surface area contributed by atoms with E-state index in [9.17, 15) is 0 Å². The lowest BCUT2D eigenvalue weighted by Gasteiger charge is -2.20. The maximum atomic E-state index is 6.49. The second-order valence-electron chi connectivity index (χ2n) is 12.0. The van der Waals surface area contributed by atoms with Gasteiger partial charge in [0.15, 0.2) is 0 Å². The number of para-hydroxylation sites is 1. The maximum absolute atomic E-state index is 6.49. The molecule has 4 heteroatoms. The van der Waals surface area contributed by atoms with Gasteiger partial charge in [-0.25, -0.2) is 0 Å². The highest BCUT2D eigenvalue weighted by Gasteiger charge is 2.26. The molecule has 9 rings (SSSR count). The van der Waals surface area contributed by atoms with Crippen LogP contribution in [0.2, 0.25) is 0 Å². The summed E-state index contributed by atoms with van der Waals surface area (Å²) in [4.78, 5) is 0. The molecule has 0 aliphatic heterocycles. The van der Waals surface area contributed by atoms with Crippen molar-refractivity contribution >= 4 is 21.9 Å². The Labute approximate surface area is 284 Å². The molecule has 0 bridgehead atoms. The highest BCUT2D eigenvalue weighted by molar-refractivity contribution is 6.18. The summed E-state index contributed by atoms with van der Waals surface area (Å²) in [6, 6.07) is 60.8. The van der Waals surface area contributed by atoms with Crippen molar-refractivity contribution in [3.8, 4) is 67.0 Å². The summed E-state index contributed by atoms with van der Waals surface area (Å²) in [5, 5.41) is 16.2. The quantitative estimate of drug-likeness (QED) is 0.184. The first kappa shape index (κ1) is 28.6. The van der Waals surface area contributed by atoms with Crippen molar-refractivity contribution in [2.75, 3.05) is 0 Å². The average Bonchev–Trinajstić information content (AvgIpc) is 3.57. The summed E-state index contributed by atoms with van der Waals surface area (Å²) in [5.41, 5.74) is 13.7. The summed E-state index contributed by atoms with van der Waals surface area (Å²) < 4.78 is 6.49. The zero-order chi connectivity index (χ0) is 32.6. The van der Waals surface area contributed by atoms with Crippen LogP contribution in [-0.4, -0.2) is 15.4 Å². The van der Waals surface area contributed by atoms with Crippen molar-refractivity contribution in [2.24, 2.45) is 0 Å². The van der Waals surface area contributed by atoms with Crippen LogP contribution >= 0.6 is 0 Å². The third-order valence-electron chi connectivity index (χ3n) is 9.17. The number of rotatable bonds is 6. The molecule has 0 aliphatic carbocycles. The Morgan fingerprint density at radius 1 is 0.327 bits per heavy atom. The molecule has 2 heterocycles. The van der Waals surface area contributed by atoms with Crippen LogP contribution in [0, 0.1) is 0 Å². The van der Waals surface area contributed by atoms with Gasteiger partial charge in [-0.1, -0.05) is 158 Å². The fourth-order valence-corrected chi connectivity index (χ4v) is 7.00. The monoisotopic (exact) mass is 627 g/mol. The van der Waals surface area contributed by atoms with Gasteiger partial charge < -0.3 is 4.42 Å². The van der Waals surface area contributed by atoms with Crippen molar-refractivity contribution in [1.29, 1.82) is 0 Å². The molecular formula is C45H29N3O. The average molecular weight is 628 g/mol. The molecule has 0 saturated carbocycles. The van der Waals surface area contributed by atoms with Crippen molar-refractivity contribution in [3.05, 3.63) is 176 Å². The zero-order valence-corrected chi connectivity index (χ0v) is 26.5. The first-order valence-corrected chi connectivity index (χ1v) is 16.4. The molecule has 4 nitrogen and oxygen atoms in total. The van der Waals surface area contributed by atoms with Gasteiger partial charge in [0, 0.05) is 33.0 Å². The summed E-state index contributed by atoms with van der Waals surface area (Å²) >= 11 is 0. The van der Waals surface area contributed by atoms with Crippen LogP contribution in [0.1, 0.15) is 0 Å². The van der Waals surface area contributed by atoms with E-state index in [1.54, 1.807) is 0 Å². The van der Waals surface area contributed by atoms with Gasteiger partial charge in [0.25, 0.3) is 0 Å². The number of benzene rings is 7. The Bertz CT molecular complexity index is 2590. The lowest BCUT2D eigenvalue weighted by molar-refractivity contribution is 0.669. The number of hydrogen-bond donors (Lipinski definition) is 0. The molecule has 7 aromatic carbocycles. The number of hydrogen-bond acceptors (Lipinski definition) is 4. The molecule has 0 fully saturated rings. The molecule has 9 aromatic rings. The van der Waals surface area contributed by atoms with Crippen molar-refractivity contribution in [3.63, 3.8) is 0 Å². The Kier molecular flexibility index (Phi) is 7.10. The van der Waals surface area contributed by atoms with Gasteiger partial charge >= 0.3 is 0 Å². The third kappa shape index (κ3) is 4.98. The number of furan rings is 1. The number of nitrogens with zero attached hydrogens (tertiary/aromatic N) is 3. The lowest BCUT2D eigenvalue weighted by atomic mass is 9.84. The van der Waals surface area contributed by atoms with E-state index in [1.165, 1.54) is 0 Å². The van der Waals surface area contributed by atoms with Crippen LogP contribution in [0.15, 0.2) is 180 Å². The minimum atomic E-state index is 0.752. The van der Waals surface area contributed by atoms with E-state index in [0.717, 1.165) is 89.0 Å². The van der Waals surface area contributed by atoms with Gasteiger partial charge in [0.1, 0.15) is 22.6 Å². The Morgan fingerprint density at radius 3 is 1.45 bits per heavy atom. The molecule has 0 spiro atoms. The van der Waals surface area contributed by atoms with Gasteiger partial charge in [0.05, 0.1) is 0 Å². The molecule has 2 aromatic heterocycles. The third-order valence-corrected chi connectivity index (χ3v) is 9.17. The largest absolute Gasteiger partial charge is 0.456 e. The smallest absolute Gasteiger partial charge is 0.136 e. The van der Waals surface area contributed by atoms with Crippen molar-refractivity contribution in [1.82, 2.24) is 15.4 Å². The molecule has 230 valence electrons. The molecule has 49 heavy (non-hydrogen) atoms. The van der Waals surface area contributed by atoms with E-state index < -0.39 is 0 Å². The fraction of sp³-hybridized carbons (Fsp3) is 0. The molecule has 0 N–H and O–H groups in total. The SMILES string of the molecule is c1ccc(-c2ccccc2-c2c(-c3ccccc3)nnnc2-c2ccc3oc4ccccc4c3c2-c2ccccc2-c2ccccc2)cc1. The summed E-state index contributed by atoms with van der Waals surface area (Å²) in [6.45, 7) is 0. The molecule has 0 radical (unpaired) electrons. The standard InChI is InChI=1S/C45H29N3O/c1-4-16-30(17-5-1)33-22-10-12-24-35(33)41-38(28-29-40-42(41)37-26-14-15-27-39(37)49-40)45-43(44(46-48-47-45)32-20-8-3-9-21-32)36-25-13-11-23-34(36)31-18-6-2-7-19-31/h1-29H. The summed E-state index contributed by atoms with van der Waals surface area (Å²) in [5.74, 6) is 0. The van der Waals surface area contributed by atoms with Crippen molar-refractivity contribution in [2.45, 2.75) is 0 Å². The van der Waals surface area contributed by atoms with Crippen LogP contribution in [-0.2, 0) is 0 Å². The summed E-state index contributed by atoms with van der Waals surface area (Å²) in [6.07, 6.45) is 0. The van der Waals surface area contributed by atoms with Gasteiger partial charge in [-0.2, -0.15) is 0 Å². The summed E-state index contributed by atoms with van der Waals surface area (Å²) in [7, 11) is 0. The highest BCUT2D eigenvalue weighted by Crippen LogP contribution is 2.49. The van der Waals surface area contributed by atoms with Crippen molar-refractivity contribution < 1.29 is 4.42 Å². The predicted molar refractivity (Wildman–Crippen MR) is 200 cm³/mol. The first-order chi connectivity index (χ1) is 24.3. The Hall–Kier alpha value is -6.65. The first-order valence-electron chi connectivity index (χ1n) is 16.4. The highest BCUT2D eigenvalue weighted by atomic mass is 16.3. The Morgan fingerprint density at radius 2 is 0.816 bits per heavy atom. The maximum Gasteiger partial charge on any atom is 0.136 e. The molecule has 0 aliphatic rings. The van der Waals surface area contributed by atoms with E-state index in [-0.39, 0.29) is 0 Å².